The number of aliphatic hydroxyl groups excluding tert-OH is 1. The molecule has 1 aliphatic rings. The molecule has 0 aromatic heterocycles. The van der Waals surface area contributed by atoms with Crippen LogP contribution in [0.5, 0.6) is 5.75 Å². The third-order valence-corrected chi connectivity index (χ3v) is 5.27. The quantitative estimate of drug-likeness (QED) is 0.786. The number of hydrogen-bond donors (Lipinski definition) is 1. The van der Waals surface area contributed by atoms with Crippen LogP contribution in [-0.4, -0.2) is 42.4 Å². The Morgan fingerprint density at radius 3 is 2.81 bits per heavy atom. The molecule has 2 atom stereocenters. The van der Waals surface area contributed by atoms with Gasteiger partial charge in [-0.05, 0) is 49.4 Å². The summed E-state index contributed by atoms with van der Waals surface area (Å²) in [6.45, 7) is 2.72. The highest BCUT2D eigenvalue weighted by Gasteiger charge is 2.22. The van der Waals surface area contributed by atoms with E-state index in [-0.39, 0.29) is 6.61 Å². The van der Waals surface area contributed by atoms with Gasteiger partial charge in [-0.3, -0.25) is 0 Å². The summed E-state index contributed by atoms with van der Waals surface area (Å²) in [5, 5.41) is 19.9. The van der Waals surface area contributed by atoms with Crippen molar-refractivity contribution in [1.82, 2.24) is 4.90 Å². The van der Waals surface area contributed by atoms with Crippen LogP contribution in [-0.2, 0) is 6.42 Å². The maximum atomic E-state index is 10.4. The Bertz CT molecular complexity index is 776. The van der Waals surface area contributed by atoms with Crippen LogP contribution in [0, 0.1) is 17.2 Å². The van der Waals surface area contributed by atoms with Gasteiger partial charge in [-0.15, -0.1) is 0 Å². The lowest BCUT2D eigenvalue weighted by Crippen LogP contribution is -2.42. The predicted octanol–water partition coefficient (Wildman–Crippen LogP) is 3.91. The molecule has 0 aliphatic carbocycles. The fourth-order valence-corrected chi connectivity index (χ4v) is 3.91. The lowest BCUT2D eigenvalue weighted by Gasteiger charge is -2.34. The number of aliphatic hydroxyl groups is 1. The van der Waals surface area contributed by atoms with Crippen LogP contribution in [0.15, 0.2) is 48.5 Å². The molecule has 2 aromatic carbocycles. The predicted molar refractivity (Wildman–Crippen MR) is 107 cm³/mol. The highest BCUT2D eigenvalue weighted by molar-refractivity contribution is 6.31. The Morgan fingerprint density at radius 2 is 2.04 bits per heavy atom. The summed E-state index contributed by atoms with van der Waals surface area (Å²) < 4.78 is 5.65. The van der Waals surface area contributed by atoms with Crippen molar-refractivity contribution in [2.24, 2.45) is 5.92 Å². The summed E-state index contributed by atoms with van der Waals surface area (Å²) >= 11 is 6.01. The Kier molecular flexibility index (Phi) is 7.11. The smallest absolute Gasteiger partial charge is 0.138 e. The van der Waals surface area contributed by atoms with Crippen molar-refractivity contribution in [2.45, 2.75) is 25.4 Å². The fraction of sp³-hybridized carbons (Fsp3) is 0.409. The van der Waals surface area contributed by atoms with Crippen LogP contribution in [0.1, 0.15) is 24.0 Å². The molecule has 1 heterocycles. The van der Waals surface area contributed by atoms with E-state index in [4.69, 9.17) is 16.3 Å². The van der Waals surface area contributed by atoms with Gasteiger partial charge < -0.3 is 14.7 Å². The Hall–Kier alpha value is -2.06. The second kappa shape index (κ2) is 9.75. The van der Waals surface area contributed by atoms with Gasteiger partial charge in [0.15, 0.2) is 0 Å². The molecular weight excluding hydrogens is 360 g/mol. The SMILES string of the molecule is N#Cc1c(Cl)cccc1OC[C@H](O)CN1CCCC(Cc2ccccc2)C1. The average Bonchev–Trinajstić information content (AvgIpc) is 2.67. The summed E-state index contributed by atoms with van der Waals surface area (Å²) in [5.41, 5.74) is 1.69. The second-order valence-corrected chi connectivity index (χ2v) is 7.55. The average molecular weight is 385 g/mol. The highest BCUT2D eigenvalue weighted by atomic mass is 35.5. The highest BCUT2D eigenvalue weighted by Crippen LogP contribution is 2.25. The minimum atomic E-state index is -0.606. The molecule has 4 nitrogen and oxygen atoms in total. The molecule has 3 rings (SSSR count). The zero-order valence-corrected chi connectivity index (χ0v) is 16.1. The van der Waals surface area contributed by atoms with E-state index in [1.165, 1.54) is 12.0 Å². The first-order valence-electron chi connectivity index (χ1n) is 9.41. The Morgan fingerprint density at radius 1 is 1.22 bits per heavy atom. The first-order valence-corrected chi connectivity index (χ1v) is 9.79. The number of β-amino-alcohol motifs (C(OH)–C–C–N with tert-alkyl or cyclic N) is 1. The number of benzene rings is 2. The van der Waals surface area contributed by atoms with E-state index < -0.39 is 6.10 Å². The third kappa shape index (κ3) is 5.71. The van der Waals surface area contributed by atoms with Gasteiger partial charge in [0.05, 0.1) is 5.02 Å². The minimum absolute atomic E-state index is 0.148. The molecule has 2 aromatic rings. The van der Waals surface area contributed by atoms with Gasteiger partial charge in [0.2, 0.25) is 0 Å². The molecule has 0 radical (unpaired) electrons. The lowest BCUT2D eigenvalue weighted by molar-refractivity contribution is 0.0518. The van der Waals surface area contributed by atoms with Crippen molar-refractivity contribution in [3.8, 4) is 11.8 Å². The molecule has 0 saturated carbocycles. The van der Waals surface area contributed by atoms with Crippen molar-refractivity contribution < 1.29 is 9.84 Å². The van der Waals surface area contributed by atoms with Crippen LogP contribution < -0.4 is 4.74 Å². The normalized spacial score (nSPS) is 18.6. The van der Waals surface area contributed by atoms with Gasteiger partial charge in [0, 0.05) is 13.1 Å². The number of likely N-dealkylation sites (tertiary alicyclic amines) is 1. The number of halogens is 1. The van der Waals surface area contributed by atoms with Gasteiger partial charge >= 0.3 is 0 Å². The first-order chi connectivity index (χ1) is 13.2. The van der Waals surface area contributed by atoms with Crippen LogP contribution >= 0.6 is 11.6 Å². The Balaban J connectivity index is 1.48. The molecule has 1 N–H and O–H groups in total. The van der Waals surface area contributed by atoms with E-state index in [2.05, 4.69) is 29.2 Å². The largest absolute Gasteiger partial charge is 0.489 e. The number of ether oxygens (including phenoxy) is 1. The van der Waals surface area contributed by atoms with Crippen molar-refractivity contribution in [3.63, 3.8) is 0 Å². The fourth-order valence-electron chi connectivity index (χ4n) is 3.70. The molecular formula is C22H25ClN2O2. The molecule has 142 valence electrons. The third-order valence-electron chi connectivity index (χ3n) is 4.96. The summed E-state index contributed by atoms with van der Waals surface area (Å²) in [6.07, 6.45) is 2.85. The van der Waals surface area contributed by atoms with Gasteiger partial charge in [-0.1, -0.05) is 48.0 Å². The monoisotopic (exact) mass is 384 g/mol. The van der Waals surface area contributed by atoms with Crippen LogP contribution in [0.25, 0.3) is 0 Å². The topological polar surface area (TPSA) is 56.5 Å². The molecule has 5 heteroatoms. The number of nitriles is 1. The van der Waals surface area contributed by atoms with Crippen LogP contribution in [0.2, 0.25) is 5.02 Å². The second-order valence-electron chi connectivity index (χ2n) is 7.15. The summed E-state index contributed by atoms with van der Waals surface area (Å²) in [4.78, 5) is 2.31. The number of nitrogens with zero attached hydrogens (tertiary/aromatic N) is 2. The minimum Gasteiger partial charge on any atom is -0.489 e. The molecule has 0 spiro atoms. The maximum absolute atomic E-state index is 10.4. The van der Waals surface area contributed by atoms with E-state index in [9.17, 15) is 10.4 Å². The molecule has 27 heavy (non-hydrogen) atoms. The number of piperidine rings is 1. The molecule has 0 bridgehead atoms. The van der Waals surface area contributed by atoms with E-state index in [1.54, 1.807) is 18.2 Å². The van der Waals surface area contributed by atoms with Gasteiger partial charge in [-0.25, -0.2) is 0 Å². The molecule has 0 amide bonds. The number of hydrogen-bond acceptors (Lipinski definition) is 4. The Labute approximate surface area is 165 Å². The van der Waals surface area contributed by atoms with Gasteiger partial charge in [-0.2, -0.15) is 5.26 Å². The van der Waals surface area contributed by atoms with Gasteiger partial charge in [0.1, 0.15) is 30.1 Å². The molecule has 1 fully saturated rings. The van der Waals surface area contributed by atoms with Crippen molar-refractivity contribution in [2.75, 3.05) is 26.2 Å². The van der Waals surface area contributed by atoms with Crippen LogP contribution in [0.3, 0.4) is 0 Å². The molecule has 1 unspecified atom stereocenters. The number of rotatable bonds is 7. The van der Waals surface area contributed by atoms with E-state index in [1.807, 2.05) is 12.1 Å². The summed E-state index contributed by atoms with van der Waals surface area (Å²) in [7, 11) is 0. The summed E-state index contributed by atoms with van der Waals surface area (Å²) in [5.74, 6) is 1.04. The van der Waals surface area contributed by atoms with Gasteiger partial charge in [0.25, 0.3) is 0 Å². The van der Waals surface area contributed by atoms with Crippen LogP contribution in [0.4, 0.5) is 0 Å². The van der Waals surface area contributed by atoms with Crippen molar-refractivity contribution >= 4 is 11.6 Å². The molecule has 1 saturated heterocycles. The molecule has 1 aliphatic heterocycles. The zero-order chi connectivity index (χ0) is 19.1. The van der Waals surface area contributed by atoms with E-state index >= 15 is 0 Å². The first kappa shape index (κ1) is 19.7. The maximum Gasteiger partial charge on any atom is 0.138 e. The lowest BCUT2D eigenvalue weighted by atomic mass is 9.91. The zero-order valence-electron chi connectivity index (χ0n) is 15.4. The standard InChI is InChI=1S/C22H25ClN2O2/c23-21-9-4-10-22(20(21)13-24)27-16-19(26)15-25-11-5-8-18(14-25)12-17-6-2-1-3-7-17/h1-4,6-7,9-10,18-19,26H,5,8,11-12,14-16H2/t18?,19-/m1/s1. The summed E-state index contributed by atoms with van der Waals surface area (Å²) in [6, 6.07) is 17.7. The van der Waals surface area contributed by atoms with E-state index in [0.717, 1.165) is 25.9 Å². The van der Waals surface area contributed by atoms with Crippen molar-refractivity contribution in [1.29, 1.82) is 5.26 Å². The van der Waals surface area contributed by atoms with E-state index in [0.29, 0.717) is 28.8 Å². The van der Waals surface area contributed by atoms with Crippen molar-refractivity contribution in [3.05, 3.63) is 64.7 Å².